The maximum Gasteiger partial charge on any atom is 0.220 e. The molecule has 2 unspecified atom stereocenters. The highest BCUT2D eigenvalue weighted by atomic mass is 16.3. The number of nitrogens with one attached hydrogen (secondary N) is 1. The van der Waals surface area contributed by atoms with Gasteiger partial charge in [0.2, 0.25) is 5.91 Å². The molecule has 2 rings (SSSR count). The fraction of sp³-hybridized carbons (Fsp3) is 0.941. The summed E-state index contributed by atoms with van der Waals surface area (Å²) in [7, 11) is 0. The van der Waals surface area contributed by atoms with Crippen LogP contribution in [0, 0.1) is 11.8 Å². The summed E-state index contributed by atoms with van der Waals surface area (Å²) >= 11 is 0. The van der Waals surface area contributed by atoms with Crippen molar-refractivity contribution in [1.82, 2.24) is 5.32 Å². The van der Waals surface area contributed by atoms with Crippen LogP contribution in [0.15, 0.2) is 0 Å². The Morgan fingerprint density at radius 2 is 1.70 bits per heavy atom. The fourth-order valence-corrected chi connectivity index (χ4v) is 3.92. The Labute approximate surface area is 123 Å². The van der Waals surface area contributed by atoms with E-state index in [9.17, 15) is 9.90 Å². The molecule has 0 aromatic carbocycles. The summed E-state index contributed by atoms with van der Waals surface area (Å²) in [4.78, 5) is 12.0. The average molecular weight is 281 g/mol. The maximum absolute atomic E-state index is 12.0. The lowest BCUT2D eigenvalue weighted by Crippen LogP contribution is -2.43. The van der Waals surface area contributed by atoms with Crippen molar-refractivity contribution >= 4 is 5.91 Å². The Kier molecular flexibility index (Phi) is 6.85. The molecule has 1 amide bonds. The summed E-state index contributed by atoms with van der Waals surface area (Å²) in [6.45, 7) is 0.215. The summed E-state index contributed by atoms with van der Waals surface area (Å²) in [5.41, 5.74) is 0. The van der Waals surface area contributed by atoms with E-state index in [1.165, 1.54) is 51.4 Å². The van der Waals surface area contributed by atoms with Crippen LogP contribution in [0.1, 0.15) is 77.0 Å². The van der Waals surface area contributed by atoms with Crippen LogP contribution < -0.4 is 5.32 Å². The molecule has 20 heavy (non-hydrogen) atoms. The molecule has 2 atom stereocenters. The predicted octanol–water partition coefficient (Wildman–Crippen LogP) is 3.40. The van der Waals surface area contributed by atoms with Gasteiger partial charge in [-0.15, -0.1) is 0 Å². The van der Waals surface area contributed by atoms with E-state index < -0.39 is 0 Å². The summed E-state index contributed by atoms with van der Waals surface area (Å²) in [5.74, 6) is 1.36. The van der Waals surface area contributed by atoms with E-state index >= 15 is 0 Å². The van der Waals surface area contributed by atoms with Gasteiger partial charge >= 0.3 is 0 Å². The van der Waals surface area contributed by atoms with Crippen LogP contribution in [-0.2, 0) is 4.79 Å². The molecule has 0 aromatic rings. The molecule has 2 aliphatic rings. The molecule has 2 aliphatic carbocycles. The highest BCUT2D eigenvalue weighted by molar-refractivity contribution is 5.76. The molecule has 2 N–H and O–H groups in total. The lowest BCUT2D eigenvalue weighted by Gasteiger charge is -2.31. The minimum absolute atomic E-state index is 0.200. The van der Waals surface area contributed by atoms with Crippen molar-refractivity contribution in [2.45, 2.75) is 83.1 Å². The minimum Gasteiger partial charge on any atom is -0.396 e. The van der Waals surface area contributed by atoms with E-state index in [0.717, 1.165) is 25.2 Å². The third-order valence-corrected chi connectivity index (χ3v) is 5.23. The zero-order valence-electron chi connectivity index (χ0n) is 12.8. The molecule has 0 aromatic heterocycles. The van der Waals surface area contributed by atoms with Gasteiger partial charge < -0.3 is 10.4 Å². The van der Waals surface area contributed by atoms with E-state index in [1.54, 1.807) is 0 Å². The average Bonchev–Trinajstić information content (AvgIpc) is 2.49. The zero-order chi connectivity index (χ0) is 14.2. The van der Waals surface area contributed by atoms with Crippen molar-refractivity contribution in [3.63, 3.8) is 0 Å². The van der Waals surface area contributed by atoms with Crippen molar-refractivity contribution < 1.29 is 9.90 Å². The van der Waals surface area contributed by atoms with E-state index in [1.807, 2.05) is 0 Å². The van der Waals surface area contributed by atoms with E-state index in [2.05, 4.69) is 5.32 Å². The number of aliphatic hydroxyl groups excluding tert-OH is 1. The lowest BCUT2D eigenvalue weighted by molar-refractivity contribution is -0.122. The number of hydrogen-bond donors (Lipinski definition) is 2. The van der Waals surface area contributed by atoms with Gasteiger partial charge in [0.1, 0.15) is 0 Å². The fourth-order valence-electron chi connectivity index (χ4n) is 3.92. The van der Waals surface area contributed by atoms with Crippen molar-refractivity contribution in [1.29, 1.82) is 0 Å². The van der Waals surface area contributed by atoms with Crippen molar-refractivity contribution in [3.05, 3.63) is 0 Å². The van der Waals surface area contributed by atoms with Gasteiger partial charge in [0, 0.05) is 25.0 Å². The molecule has 0 bridgehead atoms. The van der Waals surface area contributed by atoms with Gasteiger partial charge in [-0.2, -0.15) is 0 Å². The molecule has 0 spiro atoms. The normalized spacial score (nSPS) is 28.2. The zero-order valence-corrected chi connectivity index (χ0v) is 12.8. The molecule has 0 saturated heterocycles. The molecule has 3 heteroatoms. The molecule has 0 heterocycles. The third kappa shape index (κ3) is 5.08. The second kappa shape index (κ2) is 8.66. The maximum atomic E-state index is 12.0. The first-order valence-electron chi connectivity index (χ1n) is 8.70. The summed E-state index contributed by atoms with van der Waals surface area (Å²) in [5, 5.41) is 12.5. The largest absolute Gasteiger partial charge is 0.396 e. The minimum atomic E-state index is 0.200. The van der Waals surface area contributed by atoms with Gasteiger partial charge in [-0.05, 0) is 31.6 Å². The molecule has 116 valence electrons. The van der Waals surface area contributed by atoms with Crippen LogP contribution >= 0.6 is 0 Å². The Morgan fingerprint density at radius 1 is 1.00 bits per heavy atom. The Balaban J connectivity index is 1.61. The first-order valence-corrected chi connectivity index (χ1v) is 8.70. The van der Waals surface area contributed by atoms with Crippen molar-refractivity contribution in [3.8, 4) is 0 Å². The molecule has 2 saturated carbocycles. The second-order valence-electron chi connectivity index (χ2n) is 6.80. The second-order valence-corrected chi connectivity index (χ2v) is 6.80. The molecule has 2 fully saturated rings. The molecule has 0 aliphatic heterocycles. The summed E-state index contributed by atoms with van der Waals surface area (Å²) in [6.07, 6.45) is 14.3. The molecular formula is C17H31NO2. The van der Waals surface area contributed by atoms with Crippen molar-refractivity contribution in [2.24, 2.45) is 11.8 Å². The van der Waals surface area contributed by atoms with Gasteiger partial charge in [0.15, 0.2) is 0 Å². The van der Waals surface area contributed by atoms with Gasteiger partial charge in [-0.1, -0.05) is 44.9 Å². The smallest absolute Gasteiger partial charge is 0.220 e. The van der Waals surface area contributed by atoms with Crippen LogP contribution in [0.2, 0.25) is 0 Å². The number of carbonyl (C=O) groups is 1. The van der Waals surface area contributed by atoms with Crippen LogP contribution in [0.5, 0.6) is 0 Å². The van der Waals surface area contributed by atoms with Gasteiger partial charge in [0.25, 0.3) is 0 Å². The predicted molar refractivity (Wildman–Crippen MR) is 81.4 cm³/mol. The van der Waals surface area contributed by atoms with E-state index in [-0.39, 0.29) is 24.5 Å². The van der Waals surface area contributed by atoms with Gasteiger partial charge in [0.05, 0.1) is 0 Å². The SMILES string of the molecule is O=C(CCCC1CCCCC1)NC1CCCCC1CO. The third-order valence-electron chi connectivity index (χ3n) is 5.23. The topological polar surface area (TPSA) is 49.3 Å². The van der Waals surface area contributed by atoms with Gasteiger partial charge in [-0.3, -0.25) is 4.79 Å². The van der Waals surface area contributed by atoms with E-state index in [0.29, 0.717) is 6.42 Å². The first kappa shape index (κ1) is 15.8. The Bertz CT molecular complexity index is 287. The lowest BCUT2D eigenvalue weighted by atomic mass is 9.84. The summed E-state index contributed by atoms with van der Waals surface area (Å²) < 4.78 is 0. The first-order chi connectivity index (χ1) is 9.79. The standard InChI is InChI=1S/C17H31NO2/c19-13-15-10-4-5-11-16(15)18-17(20)12-6-9-14-7-2-1-3-8-14/h14-16,19H,1-13H2,(H,18,20). The van der Waals surface area contributed by atoms with Crippen LogP contribution in [0.4, 0.5) is 0 Å². The number of rotatable bonds is 6. The van der Waals surface area contributed by atoms with Crippen molar-refractivity contribution in [2.75, 3.05) is 6.61 Å². The van der Waals surface area contributed by atoms with Crippen LogP contribution in [-0.4, -0.2) is 23.7 Å². The Morgan fingerprint density at radius 3 is 2.45 bits per heavy atom. The highest BCUT2D eigenvalue weighted by Crippen LogP contribution is 2.28. The van der Waals surface area contributed by atoms with E-state index in [4.69, 9.17) is 0 Å². The quantitative estimate of drug-likeness (QED) is 0.784. The van der Waals surface area contributed by atoms with Gasteiger partial charge in [-0.25, -0.2) is 0 Å². The Hall–Kier alpha value is -0.570. The van der Waals surface area contributed by atoms with Crippen LogP contribution in [0.3, 0.4) is 0 Å². The monoisotopic (exact) mass is 281 g/mol. The molecule has 0 radical (unpaired) electrons. The number of amides is 1. The number of aliphatic hydroxyl groups is 1. The number of carbonyl (C=O) groups excluding carboxylic acids is 1. The summed E-state index contributed by atoms with van der Waals surface area (Å²) in [6, 6.07) is 0.218. The highest BCUT2D eigenvalue weighted by Gasteiger charge is 2.25. The molecule has 3 nitrogen and oxygen atoms in total. The van der Waals surface area contributed by atoms with Crippen LogP contribution in [0.25, 0.3) is 0 Å². The molecular weight excluding hydrogens is 250 g/mol. The number of hydrogen-bond acceptors (Lipinski definition) is 2.